The third kappa shape index (κ3) is 18.3. The van der Waals surface area contributed by atoms with Gasteiger partial charge in [-0.15, -0.1) is 0 Å². The van der Waals surface area contributed by atoms with Crippen molar-refractivity contribution in [3.63, 3.8) is 0 Å². The molecule has 0 unspecified atom stereocenters. The van der Waals surface area contributed by atoms with Crippen LogP contribution in [0.4, 0.5) is 4.79 Å². The quantitative estimate of drug-likeness (QED) is 0.0135. The molecule has 4 saturated heterocycles. The van der Waals surface area contributed by atoms with Gasteiger partial charge in [-0.1, -0.05) is 102 Å². The molecule has 4 heterocycles. The standard InChI is InChI=1S/C65H84IN3O23S3/c1-13-69(30-44(72)88-37-21-17-16-18-22-37)39-31-84-45(28-43(39)79-8)90-58-53(74)50(34(5)86-63(58)89-42-23-19-14-15-20-25-65(78)29-41(71)51(67-64(77)83-12)48(42)38(65)24-26-93-95-32(2)3)68-92-46-27-40(70)60(36(7)85-46)94-61(76)47-33(4)49(66)56(59(82-11)55(47)80-9)91-62-54(75)57(81-10)52(73)35(6)87-62/h14-18,21-22,24,32,34-36,39-40,42-43,45-46,50,52-54,57-58,60,62-63,68,70,73-75,78H,13,26-31H2,1-12H3,(H,67,77)/b15-14?,38-24+/t34-,35+,36-,39+,40+,42+,43+,45+,46+,50-,52+,53+,54-,57-,58-,60-,62+,63+,65+/m1/s1. The number of alkyl carbamates (subject to hydrolysis) is 1. The van der Waals surface area contributed by atoms with E-state index in [0.29, 0.717) is 27.2 Å². The Hall–Kier alpha value is -4.60. The molecule has 2 aromatic rings. The van der Waals surface area contributed by atoms with Gasteiger partial charge in [0, 0.05) is 49.2 Å². The summed E-state index contributed by atoms with van der Waals surface area (Å²) in [4.78, 5) is 63.2. The van der Waals surface area contributed by atoms with Gasteiger partial charge in [0.05, 0.1) is 104 Å². The van der Waals surface area contributed by atoms with Crippen molar-refractivity contribution in [3.05, 3.63) is 80.1 Å². The fourth-order valence-electron chi connectivity index (χ4n) is 11.7. The zero-order valence-electron chi connectivity index (χ0n) is 54.7. The maximum atomic E-state index is 14.5. The van der Waals surface area contributed by atoms with E-state index in [1.54, 1.807) is 68.8 Å². The van der Waals surface area contributed by atoms with E-state index in [2.05, 4.69) is 34.5 Å². The minimum absolute atomic E-state index is 0.0113. The molecule has 2 bridgehead atoms. The molecule has 0 radical (unpaired) electrons. The summed E-state index contributed by atoms with van der Waals surface area (Å²) in [5, 5.41) is 60.1. The second-order valence-electron chi connectivity index (χ2n) is 23.2. The average Bonchev–Trinajstić information content (AvgIpc) is 0.760. The van der Waals surface area contributed by atoms with E-state index in [0.717, 1.165) is 18.9 Å². The van der Waals surface area contributed by atoms with Crippen LogP contribution in [-0.4, -0.2) is 235 Å². The van der Waals surface area contributed by atoms with Crippen molar-refractivity contribution in [2.75, 3.05) is 61.0 Å². The lowest BCUT2D eigenvalue weighted by Gasteiger charge is -2.47. The predicted octanol–water partition coefficient (Wildman–Crippen LogP) is 4.65. The molecular weight excluding hydrogens is 1410 g/mol. The molecular formula is C65H84IN3O23S3. The number of Topliss-reactive ketones (excluding diaryl/α,β-unsaturated/α-hetero) is 1. The van der Waals surface area contributed by atoms with E-state index in [4.69, 9.17) is 66.4 Å². The number of likely N-dealkylation sites (N-methyl/N-ethyl adjacent to an activating group) is 1. The number of nitrogens with zero attached hydrogens (tertiary/aromatic N) is 1. The van der Waals surface area contributed by atoms with E-state index < -0.39 is 145 Å². The SMILES string of the molecule is CCN(CC(=O)Oc1ccccc1)[C@H]1CO[C@@H](O[C@H]2[C@H](O[C@H]3C#CC=CC#C[C@]4(O)CC(=O)C(NC(=O)OC)=C3/C4=C\CSSC(C)C)O[C@H](C)[C@@H](NO[C@H]3C[C@H](O)[C@H](SC(=O)c4c(C)c(I)c(O[C@@H]5O[C@@H](C)[C@H](O)[C@@H](OC)[C@H]5O)c(OC)c4OC)[C@@H](C)O3)[C@@H]2O)C[C@@H]1OC. The minimum atomic E-state index is -2.10. The third-order valence-corrected chi connectivity index (χ3v) is 22.1. The lowest BCUT2D eigenvalue weighted by molar-refractivity contribution is -0.337. The van der Waals surface area contributed by atoms with Gasteiger partial charge in [-0.25, -0.2) is 4.79 Å². The zero-order chi connectivity index (χ0) is 69.0. The van der Waals surface area contributed by atoms with Gasteiger partial charge in [0.25, 0.3) is 0 Å². The van der Waals surface area contributed by atoms with Crippen LogP contribution in [0.3, 0.4) is 0 Å². The van der Waals surface area contributed by atoms with Gasteiger partial charge in [-0.2, -0.15) is 5.48 Å². The number of fused-ring (bicyclic) bond motifs is 2. The van der Waals surface area contributed by atoms with Gasteiger partial charge in [0.2, 0.25) is 17.2 Å². The molecule has 95 heavy (non-hydrogen) atoms. The molecule has 6 aliphatic rings. The molecule has 8 rings (SSSR count). The number of carbonyl (C=O) groups is 4. The number of aliphatic hydroxyl groups is 5. The summed E-state index contributed by atoms with van der Waals surface area (Å²) in [6.45, 7) is 12.8. The summed E-state index contributed by atoms with van der Waals surface area (Å²) >= 11 is 2.80. The van der Waals surface area contributed by atoms with Crippen LogP contribution in [-0.2, 0) is 57.1 Å². The summed E-state index contributed by atoms with van der Waals surface area (Å²) in [7, 11) is 9.77. The molecule has 0 aromatic heterocycles. The van der Waals surface area contributed by atoms with Crippen molar-refractivity contribution in [1.82, 2.24) is 15.7 Å². The summed E-state index contributed by atoms with van der Waals surface area (Å²) < 4.78 is 79.0. The van der Waals surface area contributed by atoms with Crippen molar-refractivity contribution in [2.45, 2.75) is 188 Å². The Labute approximate surface area is 578 Å². The number of hydrogen-bond acceptors (Lipinski definition) is 28. The number of carbonyl (C=O) groups excluding carboxylic acids is 4. The zero-order valence-corrected chi connectivity index (χ0v) is 59.3. The minimum Gasteiger partial charge on any atom is -0.492 e. The molecule has 26 nitrogen and oxygen atoms in total. The van der Waals surface area contributed by atoms with Gasteiger partial charge in [-0.3, -0.25) is 29.4 Å². The normalized spacial score (nSPS) is 32.8. The molecule has 1 amide bonds. The first-order chi connectivity index (χ1) is 45.4. The molecule has 30 heteroatoms. The maximum Gasteiger partial charge on any atom is 0.411 e. The first-order valence-corrected chi connectivity index (χ1v) is 35.2. The third-order valence-electron chi connectivity index (χ3n) is 16.6. The van der Waals surface area contributed by atoms with Crippen molar-refractivity contribution in [2.24, 2.45) is 0 Å². The van der Waals surface area contributed by atoms with Crippen LogP contribution in [0.25, 0.3) is 0 Å². The topological polar surface area (TPSA) is 326 Å². The van der Waals surface area contributed by atoms with Crippen LogP contribution in [0, 0.1) is 34.2 Å². The molecule has 19 atom stereocenters. The van der Waals surface area contributed by atoms with Crippen molar-refractivity contribution in [3.8, 4) is 46.7 Å². The van der Waals surface area contributed by atoms with Gasteiger partial charge in [0.1, 0.15) is 42.4 Å². The fourth-order valence-corrected chi connectivity index (χ4v) is 15.4. The number of para-hydroxylation sites is 1. The van der Waals surface area contributed by atoms with E-state index >= 15 is 0 Å². The highest BCUT2D eigenvalue weighted by Crippen LogP contribution is 2.49. The van der Waals surface area contributed by atoms with Gasteiger partial charge in [-0.05, 0) is 86.7 Å². The molecule has 4 aliphatic heterocycles. The Kier molecular flexibility index (Phi) is 28.0. The van der Waals surface area contributed by atoms with Crippen molar-refractivity contribution < 1.29 is 111 Å². The number of halogens is 1. The summed E-state index contributed by atoms with van der Waals surface area (Å²) in [5.74, 6) is 11.2. The Balaban J connectivity index is 1.04. The van der Waals surface area contributed by atoms with Crippen LogP contribution in [0.1, 0.15) is 76.7 Å². The van der Waals surface area contributed by atoms with Crippen LogP contribution in [0.2, 0.25) is 0 Å². The number of nitrogens with one attached hydrogen (secondary N) is 2. The number of rotatable bonds is 25. The molecule has 522 valence electrons. The molecule has 2 aromatic carbocycles. The van der Waals surface area contributed by atoms with E-state index in [1.165, 1.54) is 51.4 Å². The number of hydrogen-bond donors (Lipinski definition) is 7. The lowest BCUT2D eigenvalue weighted by atomic mass is 9.75. The van der Waals surface area contributed by atoms with E-state index in [9.17, 15) is 44.7 Å². The van der Waals surface area contributed by atoms with E-state index in [-0.39, 0.29) is 70.9 Å². The molecule has 0 spiro atoms. The number of thioether (sulfide) groups is 1. The summed E-state index contributed by atoms with van der Waals surface area (Å²) in [5.41, 5.74) is 1.14. The van der Waals surface area contributed by atoms with Crippen LogP contribution < -0.4 is 29.7 Å². The molecule has 0 saturated carbocycles. The number of ether oxygens (including phenoxy) is 13. The largest absolute Gasteiger partial charge is 0.492 e. The second-order valence-corrected chi connectivity index (χ2v) is 28.5. The Bertz CT molecular complexity index is 3240. The Morgan fingerprint density at radius 2 is 1.58 bits per heavy atom. The number of esters is 1. The molecule has 7 N–H and O–H groups in total. The van der Waals surface area contributed by atoms with Crippen molar-refractivity contribution >= 4 is 78.9 Å². The van der Waals surface area contributed by atoms with Gasteiger partial charge in [0.15, 0.2) is 41.8 Å². The first-order valence-electron chi connectivity index (χ1n) is 30.8. The molecule has 2 aliphatic carbocycles. The number of ketones is 1. The predicted molar refractivity (Wildman–Crippen MR) is 357 cm³/mol. The first kappa shape index (κ1) is 76.2. The molecule has 4 fully saturated rings. The number of allylic oxidation sites excluding steroid dienone is 3. The van der Waals surface area contributed by atoms with Crippen molar-refractivity contribution in [1.29, 1.82) is 0 Å². The van der Waals surface area contributed by atoms with Crippen LogP contribution in [0.5, 0.6) is 23.0 Å². The highest BCUT2D eigenvalue weighted by Gasteiger charge is 2.52. The van der Waals surface area contributed by atoms with Crippen LogP contribution in [0.15, 0.2) is 65.4 Å². The van der Waals surface area contributed by atoms with Gasteiger partial charge < -0.3 is 87.1 Å². The summed E-state index contributed by atoms with van der Waals surface area (Å²) in [6, 6.07) is 7.06. The monoisotopic (exact) mass is 1500 g/mol. The number of amides is 1. The lowest BCUT2D eigenvalue weighted by Crippen LogP contribution is -2.65. The average molecular weight is 1500 g/mol. The fraction of sp³-hybridized carbons (Fsp3) is 0.600. The van der Waals surface area contributed by atoms with Crippen LogP contribution >= 0.6 is 55.9 Å². The Morgan fingerprint density at radius 1 is 0.863 bits per heavy atom. The second kappa shape index (κ2) is 34.9. The Morgan fingerprint density at radius 3 is 2.24 bits per heavy atom. The summed E-state index contributed by atoms with van der Waals surface area (Å²) in [6.07, 6.45) is -15.0. The van der Waals surface area contributed by atoms with E-state index in [1.807, 2.05) is 54.3 Å². The van der Waals surface area contributed by atoms with Gasteiger partial charge >= 0.3 is 12.1 Å². The smallest absolute Gasteiger partial charge is 0.411 e. The highest BCUT2D eigenvalue weighted by atomic mass is 127. The number of methoxy groups -OCH3 is 5. The maximum absolute atomic E-state index is 14.5. The number of hydroxylamine groups is 1. The highest BCUT2D eigenvalue weighted by molar-refractivity contribution is 14.1. The number of benzene rings is 2. The number of aliphatic hydroxyl groups excluding tert-OH is 4.